The molecule has 2 fully saturated rings. The van der Waals surface area contributed by atoms with Crippen LogP contribution in [-0.4, -0.2) is 42.1 Å². The molecule has 120 valence electrons. The van der Waals surface area contributed by atoms with Crippen LogP contribution in [-0.2, 0) is 14.3 Å². The van der Waals surface area contributed by atoms with Crippen LogP contribution < -0.4 is 0 Å². The Morgan fingerprint density at radius 1 is 1.29 bits per heavy atom. The lowest BCUT2D eigenvalue weighted by Gasteiger charge is -2.33. The maximum atomic E-state index is 10.5. The summed E-state index contributed by atoms with van der Waals surface area (Å²) in [4.78, 5) is 10.5. The topological polar surface area (TPSA) is 55.8 Å². The van der Waals surface area contributed by atoms with Gasteiger partial charge in [0.25, 0.3) is 0 Å². The zero-order chi connectivity index (χ0) is 15.2. The van der Waals surface area contributed by atoms with E-state index in [9.17, 15) is 4.79 Å². The summed E-state index contributed by atoms with van der Waals surface area (Å²) in [6.07, 6.45) is 9.72. The molecule has 0 saturated carbocycles. The fourth-order valence-corrected chi connectivity index (χ4v) is 5.65. The molecule has 5 heteroatoms. The van der Waals surface area contributed by atoms with Gasteiger partial charge in [0, 0.05) is 37.1 Å². The third-order valence-electron chi connectivity index (χ3n) is 4.60. The van der Waals surface area contributed by atoms with E-state index < -0.39 is 5.97 Å². The fourth-order valence-electron chi connectivity index (χ4n) is 3.65. The summed E-state index contributed by atoms with van der Waals surface area (Å²) in [6, 6.07) is 0. The second-order valence-electron chi connectivity index (χ2n) is 5.86. The van der Waals surface area contributed by atoms with E-state index in [1.165, 1.54) is 12.8 Å². The molecule has 0 aliphatic carbocycles. The molecule has 2 saturated heterocycles. The van der Waals surface area contributed by atoms with Gasteiger partial charge in [-0.15, -0.1) is 0 Å². The molecule has 0 unspecified atom stereocenters. The minimum Gasteiger partial charge on any atom is -0.481 e. The van der Waals surface area contributed by atoms with E-state index in [-0.39, 0.29) is 12.7 Å². The monoisotopic (exact) mass is 314 g/mol. The first-order valence-corrected chi connectivity index (χ1v) is 8.69. The van der Waals surface area contributed by atoms with Crippen LogP contribution in [0.25, 0.3) is 0 Å². The summed E-state index contributed by atoms with van der Waals surface area (Å²) in [5, 5.41) is 10.0. The van der Waals surface area contributed by atoms with Gasteiger partial charge in [-0.1, -0.05) is 12.2 Å². The second kappa shape index (κ2) is 8.20. The van der Waals surface area contributed by atoms with Crippen LogP contribution in [0, 0.1) is 11.8 Å². The fraction of sp³-hybridized carbons (Fsp3) is 0.812. The Bertz CT molecular complexity index is 367. The van der Waals surface area contributed by atoms with Gasteiger partial charge in [-0.05, 0) is 38.0 Å². The average Bonchev–Trinajstić information content (AvgIpc) is 3.05. The van der Waals surface area contributed by atoms with Crippen molar-refractivity contribution >= 4 is 17.7 Å². The first kappa shape index (κ1) is 16.8. The third kappa shape index (κ3) is 4.24. The van der Waals surface area contributed by atoms with Crippen molar-refractivity contribution in [3.8, 4) is 0 Å². The number of ether oxygens (including phenoxy) is 2. The summed E-state index contributed by atoms with van der Waals surface area (Å²) in [7, 11) is 3.45. The number of rotatable bonds is 9. The first-order chi connectivity index (χ1) is 10.2. The number of carbonyl (C=O) groups is 1. The molecule has 2 rings (SSSR count). The van der Waals surface area contributed by atoms with Crippen molar-refractivity contribution in [2.24, 2.45) is 11.8 Å². The maximum absolute atomic E-state index is 10.5. The molecule has 4 atom stereocenters. The van der Waals surface area contributed by atoms with E-state index in [1.807, 2.05) is 0 Å². The molecule has 0 aromatic heterocycles. The summed E-state index contributed by atoms with van der Waals surface area (Å²) < 4.78 is 11.0. The highest BCUT2D eigenvalue weighted by atomic mass is 32.2. The van der Waals surface area contributed by atoms with Crippen LogP contribution in [0.15, 0.2) is 12.2 Å². The van der Waals surface area contributed by atoms with Crippen LogP contribution >= 0.6 is 11.8 Å². The van der Waals surface area contributed by atoms with Crippen molar-refractivity contribution in [1.82, 2.24) is 0 Å². The van der Waals surface area contributed by atoms with E-state index in [0.717, 1.165) is 24.5 Å². The Hall–Kier alpha value is -0.520. The van der Waals surface area contributed by atoms with Crippen molar-refractivity contribution in [3.63, 3.8) is 0 Å². The molecule has 0 amide bonds. The molecule has 21 heavy (non-hydrogen) atoms. The third-order valence-corrected chi connectivity index (χ3v) is 6.44. The van der Waals surface area contributed by atoms with E-state index >= 15 is 0 Å². The van der Waals surface area contributed by atoms with Crippen molar-refractivity contribution in [1.29, 1.82) is 0 Å². The molecular formula is C16H26O4S. The number of hydrogen-bond donors (Lipinski definition) is 1. The van der Waals surface area contributed by atoms with Crippen molar-refractivity contribution < 1.29 is 19.4 Å². The van der Waals surface area contributed by atoms with Crippen molar-refractivity contribution in [3.05, 3.63) is 12.2 Å². The van der Waals surface area contributed by atoms with E-state index in [0.29, 0.717) is 17.1 Å². The van der Waals surface area contributed by atoms with Gasteiger partial charge in [-0.25, -0.2) is 0 Å². The van der Waals surface area contributed by atoms with Gasteiger partial charge in [0.2, 0.25) is 0 Å². The molecule has 4 nitrogen and oxygen atoms in total. The summed E-state index contributed by atoms with van der Waals surface area (Å²) in [6.45, 7) is 0. The van der Waals surface area contributed by atoms with Gasteiger partial charge >= 0.3 is 5.97 Å². The van der Waals surface area contributed by atoms with Crippen LogP contribution in [0.2, 0.25) is 0 Å². The van der Waals surface area contributed by atoms with Crippen LogP contribution in [0.4, 0.5) is 0 Å². The minimum absolute atomic E-state index is 0.0989. The number of carboxylic acid groups (broad SMARTS) is 1. The lowest BCUT2D eigenvalue weighted by Crippen LogP contribution is -2.38. The Labute approximate surface area is 131 Å². The number of unbranched alkanes of at least 4 members (excludes halogenated alkanes) is 1. The number of thioether (sulfide) groups is 1. The van der Waals surface area contributed by atoms with E-state index in [4.69, 9.17) is 14.6 Å². The predicted molar refractivity (Wildman–Crippen MR) is 84.4 cm³/mol. The standard InChI is InChI=1S/C16H26O4S/c1-19-16(20-2)15-11(12-9-10-13(15)21-12)7-5-3-4-6-8-14(17)18/h3,5,11-13,15-16H,4,6-10H2,1-2H3,(H,17,18)/t11-,12+,13-,15-/m0/s1. The molecule has 1 N–H and O–H groups in total. The lowest BCUT2D eigenvalue weighted by atomic mass is 9.77. The second-order valence-corrected chi connectivity index (χ2v) is 7.35. The number of aliphatic carboxylic acids is 1. The Morgan fingerprint density at radius 2 is 2.00 bits per heavy atom. The molecular weight excluding hydrogens is 288 g/mol. The molecule has 0 radical (unpaired) electrons. The highest BCUT2D eigenvalue weighted by Crippen LogP contribution is 2.55. The number of methoxy groups -OCH3 is 2. The van der Waals surface area contributed by atoms with Gasteiger partial charge in [0.05, 0.1) is 0 Å². The van der Waals surface area contributed by atoms with E-state index in [1.54, 1.807) is 14.2 Å². The van der Waals surface area contributed by atoms with Gasteiger partial charge in [-0.2, -0.15) is 11.8 Å². The molecule has 0 aromatic carbocycles. The number of carboxylic acids is 1. The molecule has 2 aliphatic rings. The van der Waals surface area contributed by atoms with Gasteiger partial charge in [0.15, 0.2) is 6.29 Å². The largest absolute Gasteiger partial charge is 0.481 e. The molecule has 0 aromatic rings. The Kier molecular flexibility index (Phi) is 6.58. The van der Waals surface area contributed by atoms with Crippen LogP contribution in [0.3, 0.4) is 0 Å². The Morgan fingerprint density at radius 3 is 2.67 bits per heavy atom. The van der Waals surface area contributed by atoms with Gasteiger partial charge in [-0.3, -0.25) is 4.79 Å². The molecule has 0 spiro atoms. The Balaban J connectivity index is 1.82. The number of hydrogen-bond acceptors (Lipinski definition) is 4. The van der Waals surface area contributed by atoms with E-state index in [2.05, 4.69) is 23.9 Å². The highest BCUT2D eigenvalue weighted by Gasteiger charge is 2.51. The SMILES string of the molecule is COC(OC)[C@H]1[C@@H](CC=CCCCC(=O)O)[C@H]2CC[C@@H]1S2. The number of allylic oxidation sites excluding steroid dienone is 2. The van der Waals surface area contributed by atoms with Crippen LogP contribution in [0.1, 0.15) is 38.5 Å². The van der Waals surface area contributed by atoms with Gasteiger partial charge < -0.3 is 14.6 Å². The molecule has 2 bridgehead atoms. The minimum atomic E-state index is -0.712. The van der Waals surface area contributed by atoms with Gasteiger partial charge in [0.1, 0.15) is 0 Å². The average molecular weight is 314 g/mol. The molecule has 2 aliphatic heterocycles. The van der Waals surface area contributed by atoms with Crippen molar-refractivity contribution in [2.45, 2.75) is 55.3 Å². The number of fused-ring (bicyclic) bond motifs is 2. The predicted octanol–water partition coefficient (Wildman–Crippen LogP) is 3.32. The van der Waals surface area contributed by atoms with Crippen molar-refractivity contribution in [2.75, 3.05) is 14.2 Å². The summed E-state index contributed by atoms with van der Waals surface area (Å²) >= 11 is 2.11. The zero-order valence-corrected chi connectivity index (χ0v) is 13.7. The summed E-state index contributed by atoms with van der Waals surface area (Å²) in [5.74, 6) is 0.387. The normalized spacial score (nSPS) is 31.6. The maximum Gasteiger partial charge on any atom is 0.303 e. The lowest BCUT2D eigenvalue weighted by molar-refractivity contribution is -0.150. The molecule has 2 heterocycles. The smallest absolute Gasteiger partial charge is 0.303 e. The first-order valence-electron chi connectivity index (χ1n) is 7.75. The highest BCUT2D eigenvalue weighted by molar-refractivity contribution is 8.01. The summed E-state index contributed by atoms with van der Waals surface area (Å²) in [5.41, 5.74) is 0. The van der Waals surface area contributed by atoms with Crippen LogP contribution in [0.5, 0.6) is 0 Å². The zero-order valence-electron chi connectivity index (χ0n) is 12.9. The quantitative estimate of drug-likeness (QED) is 0.402.